The molecule has 4 rings (SSSR count). The van der Waals surface area contributed by atoms with Gasteiger partial charge in [0.05, 0.1) is 5.41 Å². The van der Waals surface area contributed by atoms with Crippen molar-refractivity contribution in [3.05, 3.63) is 30.1 Å². The Kier molecular flexibility index (Phi) is 4.72. The minimum Gasteiger partial charge on any atom is -0.342 e. The zero-order chi connectivity index (χ0) is 18.1. The van der Waals surface area contributed by atoms with Gasteiger partial charge in [0, 0.05) is 44.5 Å². The largest absolute Gasteiger partial charge is 0.342 e. The Hall–Kier alpha value is -1.91. The minimum absolute atomic E-state index is 0.240. The average Bonchev–Trinajstić information content (AvgIpc) is 2.64. The maximum atomic E-state index is 13.2. The SMILES string of the molecule is CC1CC(C(=O)N2CCC3(CCCN(Cc4ccncc4)C3=O)CC2)C1. The van der Waals surface area contributed by atoms with Gasteiger partial charge in [0.1, 0.15) is 0 Å². The van der Waals surface area contributed by atoms with Crippen LogP contribution in [0.4, 0.5) is 0 Å². The number of hydrogen-bond acceptors (Lipinski definition) is 3. The predicted molar refractivity (Wildman–Crippen MR) is 99.0 cm³/mol. The molecule has 2 saturated heterocycles. The van der Waals surface area contributed by atoms with Gasteiger partial charge in [-0.15, -0.1) is 0 Å². The number of carbonyl (C=O) groups excluding carboxylic acids is 2. The number of rotatable bonds is 3. The molecular weight excluding hydrogens is 326 g/mol. The molecule has 3 aliphatic rings. The normalized spacial score (nSPS) is 28.1. The van der Waals surface area contributed by atoms with Crippen molar-refractivity contribution in [2.24, 2.45) is 17.3 Å². The van der Waals surface area contributed by atoms with Crippen LogP contribution in [0.5, 0.6) is 0 Å². The number of piperidine rings is 2. The van der Waals surface area contributed by atoms with Gasteiger partial charge in [0.15, 0.2) is 0 Å². The van der Waals surface area contributed by atoms with E-state index in [0.717, 1.165) is 63.7 Å². The summed E-state index contributed by atoms with van der Waals surface area (Å²) in [5, 5.41) is 0. The van der Waals surface area contributed by atoms with Crippen LogP contribution in [0.2, 0.25) is 0 Å². The number of hydrogen-bond donors (Lipinski definition) is 0. The number of carbonyl (C=O) groups is 2. The molecule has 3 heterocycles. The molecule has 2 aliphatic heterocycles. The molecule has 0 atom stereocenters. The standard InChI is InChI=1S/C21H29N3O2/c1-16-13-18(14-16)19(25)23-11-6-21(7-12-23)5-2-10-24(20(21)26)15-17-3-8-22-9-4-17/h3-4,8-9,16,18H,2,5-7,10-15H2,1H3. The molecule has 1 aliphatic carbocycles. The Morgan fingerprint density at radius 3 is 2.50 bits per heavy atom. The smallest absolute Gasteiger partial charge is 0.229 e. The Bertz CT molecular complexity index is 661. The summed E-state index contributed by atoms with van der Waals surface area (Å²) in [6.07, 6.45) is 9.33. The molecule has 2 amide bonds. The van der Waals surface area contributed by atoms with Gasteiger partial charge in [-0.3, -0.25) is 14.6 Å². The van der Waals surface area contributed by atoms with Gasteiger partial charge in [-0.2, -0.15) is 0 Å². The van der Waals surface area contributed by atoms with E-state index in [9.17, 15) is 9.59 Å². The molecule has 1 aromatic rings. The fraction of sp³-hybridized carbons (Fsp3) is 0.667. The first kappa shape index (κ1) is 17.5. The number of nitrogens with zero attached hydrogens (tertiary/aromatic N) is 3. The summed E-state index contributed by atoms with van der Waals surface area (Å²) < 4.78 is 0. The quantitative estimate of drug-likeness (QED) is 0.838. The Labute approximate surface area is 155 Å². The molecule has 1 aromatic heterocycles. The van der Waals surface area contributed by atoms with E-state index in [1.807, 2.05) is 21.9 Å². The molecule has 0 bridgehead atoms. The fourth-order valence-corrected chi connectivity index (χ4v) is 4.99. The molecule has 5 heteroatoms. The summed E-state index contributed by atoms with van der Waals surface area (Å²) >= 11 is 0. The van der Waals surface area contributed by atoms with Crippen LogP contribution in [-0.4, -0.2) is 46.2 Å². The van der Waals surface area contributed by atoms with Crippen molar-refractivity contribution in [1.82, 2.24) is 14.8 Å². The summed E-state index contributed by atoms with van der Waals surface area (Å²) in [6, 6.07) is 3.96. The van der Waals surface area contributed by atoms with E-state index in [1.165, 1.54) is 0 Å². The van der Waals surface area contributed by atoms with E-state index in [-0.39, 0.29) is 11.3 Å². The summed E-state index contributed by atoms with van der Waals surface area (Å²) in [5.74, 6) is 1.56. The number of pyridine rings is 1. The maximum absolute atomic E-state index is 13.2. The van der Waals surface area contributed by atoms with Crippen LogP contribution >= 0.6 is 0 Å². The van der Waals surface area contributed by atoms with Crippen LogP contribution in [0, 0.1) is 17.3 Å². The van der Waals surface area contributed by atoms with Gasteiger partial charge in [0.25, 0.3) is 0 Å². The van der Waals surface area contributed by atoms with Crippen molar-refractivity contribution in [2.45, 2.75) is 52.0 Å². The first-order valence-corrected chi connectivity index (χ1v) is 10.0. The molecule has 0 radical (unpaired) electrons. The van der Waals surface area contributed by atoms with Crippen molar-refractivity contribution in [2.75, 3.05) is 19.6 Å². The summed E-state index contributed by atoms with van der Waals surface area (Å²) in [6.45, 7) is 5.22. The molecule has 0 unspecified atom stereocenters. The zero-order valence-electron chi connectivity index (χ0n) is 15.7. The number of aromatic nitrogens is 1. The maximum Gasteiger partial charge on any atom is 0.229 e. The fourth-order valence-electron chi connectivity index (χ4n) is 4.99. The van der Waals surface area contributed by atoms with Crippen molar-refractivity contribution < 1.29 is 9.59 Å². The molecule has 5 nitrogen and oxygen atoms in total. The molecule has 1 saturated carbocycles. The van der Waals surface area contributed by atoms with Gasteiger partial charge in [-0.25, -0.2) is 0 Å². The van der Waals surface area contributed by atoms with Crippen molar-refractivity contribution in [3.8, 4) is 0 Å². The van der Waals surface area contributed by atoms with Gasteiger partial charge in [-0.1, -0.05) is 6.92 Å². The second-order valence-electron chi connectivity index (χ2n) is 8.56. The Morgan fingerprint density at radius 1 is 1.15 bits per heavy atom. The highest BCUT2D eigenvalue weighted by atomic mass is 16.2. The van der Waals surface area contributed by atoms with Crippen LogP contribution in [-0.2, 0) is 16.1 Å². The third kappa shape index (κ3) is 3.24. The lowest BCUT2D eigenvalue weighted by molar-refractivity contribution is -0.155. The number of likely N-dealkylation sites (tertiary alicyclic amines) is 2. The second kappa shape index (κ2) is 7.01. The third-order valence-electron chi connectivity index (χ3n) is 6.70. The predicted octanol–water partition coefficient (Wildman–Crippen LogP) is 2.86. The molecule has 0 aromatic carbocycles. The second-order valence-corrected chi connectivity index (χ2v) is 8.56. The van der Waals surface area contributed by atoms with Crippen LogP contribution in [0.1, 0.15) is 51.0 Å². The topological polar surface area (TPSA) is 53.5 Å². The molecule has 0 N–H and O–H groups in total. The van der Waals surface area contributed by atoms with E-state index in [1.54, 1.807) is 12.4 Å². The highest BCUT2D eigenvalue weighted by Crippen LogP contribution is 2.42. The molecule has 1 spiro atoms. The van der Waals surface area contributed by atoms with Crippen LogP contribution in [0.15, 0.2) is 24.5 Å². The Balaban J connectivity index is 1.38. The summed E-state index contributed by atoms with van der Waals surface area (Å²) in [4.78, 5) is 33.9. The van der Waals surface area contributed by atoms with E-state index >= 15 is 0 Å². The summed E-state index contributed by atoms with van der Waals surface area (Å²) in [5.41, 5.74) is 0.895. The first-order chi connectivity index (χ1) is 12.6. The van der Waals surface area contributed by atoms with Crippen molar-refractivity contribution in [3.63, 3.8) is 0 Å². The van der Waals surface area contributed by atoms with Crippen molar-refractivity contribution in [1.29, 1.82) is 0 Å². The van der Waals surface area contributed by atoms with Gasteiger partial charge in [-0.05, 0) is 62.1 Å². The highest BCUT2D eigenvalue weighted by molar-refractivity contribution is 5.84. The van der Waals surface area contributed by atoms with Gasteiger partial charge >= 0.3 is 0 Å². The van der Waals surface area contributed by atoms with E-state index in [4.69, 9.17) is 0 Å². The molecular formula is C21H29N3O2. The van der Waals surface area contributed by atoms with Crippen molar-refractivity contribution >= 4 is 11.8 Å². The molecule has 3 fully saturated rings. The average molecular weight is 355 g/mol. The van der Waals surface area contributed by atoms with Crippen LogP contribution in [0.3, 0.4) is 0 Å². The lowest BCUT2D eigenvalue weighted by atomic mass is 9.70. The first-order valence-electron chi connectivity index (χ1n) is 10.0. The highest BCUT2D eigenvalue weighted by Gasteiger charge is 2.47. The van der Waals surface area contributed by atoms with Crippen LogP contribution in [0.25, 0.3) is 0 Å². The third-order valence-corrected chi connectivity index (χ3v) is 6.70. The zero-order valence-corrected chi connectivity index (χ0v) is 15.7. The Morgan fingerprint density at radius 2 is 1.85 bits per heavy atom. The van der Waals surface area contributed by atoms with E-state index in [2.05, 4.69) is 11.9 Å². The number of amides is 2. The molecule has 26 heavy (non-hydrogen) atoms. The van der Waals surface area contributed by atoms with Gasteiger partial charge < -0.3 is 9.80 Å². The summed E-state index contributed by atoms with van der Waals surface area (Å²) in [7, 11) is 0. The minimum atomic E-state index is -0.241. The monoisotopic (exact) mass is 355 g/mol. The van der Waals surface area contributed by atoms with Gasteiger partial charge in [0.2, 0.25) is 11.8 Å². The lowest BCUT2D eigenvalue weighted by Gasteiger charge is -2.47. The van der Waals surface area contributed by atoms with Crippen LogP contribution < -0.4 is 0 Å². The van der Waals surface area contributed by atoms with E-state index < -0.39 is 0 Å². The molecule has 140 valence electrons. The van der Waals surface area contributed by atoms with E-state index in [0.29, 0.717) is 24.3 Å². The lowest BCUT2D eigenvalue weighted by Crippen LogP contribution is -2.55.